The highest BCUT2D eigenvalue weighted by Crippen LogP contribution is 2.43. The van der Waals surface area contributed by atoms with Gasteiger partial charge in [0.2, 0.25) is 0 Å². The topological polar surface area (TPSA) is 183 Å². The number of aliphatic hydroxyl groups is 1. The smallest absolute Gasteiger partial charge is 0.330 e. The fraction of sp³-hybridized carbons (Fsp3) is 0.385. The Bertz CT molecular complexity index is 1880. The van der Waals surface area contributed by atoms with Crippen molar-refractivity contribution in [3.05, 3.63) is 129 Å². The lowest BCUT2D eigenvalue weighted by Gasteiger charge is -2.37. The van der Waals surface area contributed by atoms with E-state index in [1.165, 1.54) is 20.0 Å². The zero-order valence-corrected chi connectivity index (χ0v) is 30.4. The van der Waals surface area contributed by atoms with E-state index in [0.717, 1.165) is 27.3 Å². The van der Waals surface area contributed by atoms with Gasteiger partial charge in [-0.05, 0) is 41.0 Å². The van der Waals surface area contributed by atoms with E-state index in [2.05, 4.69) is 4.98 Å². The average molecular weight is 749 g/mol. The number of ether oxygens (including phenoxy) is 8. The van der Waals surface area contributed by atoms with Crippen molar-refractivity contribution in [3.8, 4) is 11.5 Å². The van der Waals surface area contributed by atoms with Crippen molar-refractivity contribution in [1.29, 1.82) is 0 Å². The van der Waals surface area contributed by atoms with Gasteiger partial charge < -0.3 is 43.0 Å². The first-order valence-electron chi connectivity index (χ1n) is 17.2. The van der Waals surface area contributed by atoms with Crippen molar-refractivity contribution < 1.29 is 52.6 Å². The van der Waals surface area contributed by atoms with Gasteiger partial charge >= 0.3 is 17.6 Å². The first kappa shape index (κ1) is 39.9. The van der Waals surface area contributed by atoms with Crippen LogP contribution in [0.25, 0.3) is 0 Å². The molecule has 2 N–H and O–H groups in total. The summed E-state index contributed by atoms with van der Waals surface area (Å²) in [5.41, 5.74) is -0.341. The van der Waals surface area contributed by atoms with Crippen LogP contribution in [0.3, 0.4) is 0 Å². The van der Waals surface area contributed by atoms with E-state index in [9.17, 15) is 24.3 Å². The number of H-pyrrole nitrogens is 1. The van der Waals surface area contributed by atoms with Gasteiger partial charge in [0.15, 0.2) is 6.23 Å². The second-order valence-corrected chi connectivity index (χ2v) is 12.4. The number of hydrogen-bond donors (Lipinski definition) is 2. The first-order valence-corrected chi connectivity index (χ1v) is 17.2. The fourth-order valence-corrected chi connectivity index (χ4v) is 6.19. The molecule has 1 aliphatic rings. The Labute approximate surface area is 311 Å². The van der Waals surface area contributed by atoms with E-state index in [1.807, 2.05) is 78.9 Å². The summed E-state index contributed by atoms with van der Waals surface area (Å²) >= 11 is 0. The molecule has 0 spiro atoms. The van der Waals surface area contributed by atoms with Crippen LogP contribution in [0, 0.1) is 0 Å². The predicted octanol–water partition coefficient (Wildman–Crippen LogP) is 3.07. The third-order valence-electron chi connectivity index (χ3n) is 8.81. The Morgan fingerprint density at radius 3 is 2.04 bits per heavy atom. The number of aromatic amines is 1. The molecule has 4 aromatic rings. The molecule has 1 aromatic heterocycles. The number of rotatable bonds is 18. The molecular formula is C39H44N2O13. The molecule has 2 unspecified atom stereocenters. The molecular weight excluding hydrogens is 704 g/mol. The van der Waals surface area contributed by atoms with E-state index in [-0.39, 0.29) is 33.0 Å². The van der Waals surface area contributed by atoms with Gasteiger partial charge in [0.05, 0.1) is 27.4 Å². The maximum atomic E-state index is 12.9. The summed E-state index contributed by atoms with van der Waals surface area (Å²) in [6, 6.07) is 25.6. The molecule has 288 valence electrons. The van der Waals surface area contributed by atoms with Gasteiger partial charge in [-0.3, -0.25) is 23.9 Å². The summed E-state index contributed by atoms with van der Waals surface area (Å²) in [7, 11) is 3.16. The lowest BCUT2D eigenvalue weighted by Crippen LogP contribution is -2.41. The minimum Gasteiger partial charge on any atom is -0.497 e. The van der Waals surface area contributed by atoms with E-state index in [1.54, 1.807) is 14.2 Å². The van der Waals surface area contributed by atoms with Crippen LogP contribution in [0.4, 0.5) is 0 Å². The normalized spacial score (nSPS) is 18.8. The third-order valence-corrected chi connectivity index (χ3v) is 8.81. The average Bonchev–Trinajstić information content (AvgIpc) is 3.48. The summed E-state index contributed by atoms with van der Waals surface area (Å²) < 4.78 is 47.0. The van der Waals surface area contributed by atoms with Crippen LogP contribution in [0.15, 0.2) is 101 Å². The molecule has 1 aliphatic heterocycles. The summed E-state index contributed by atoms with van der Waals surface area (Å²) in [6.45, 7) is 1.81. The quantitative estimate of drug-likeness (QED) is 0.0656. The van der Waals surface area contributed by atoms with Gasteiger partial charge in [-0.1, -0.05) is 54.6 Å². The van der Waals surface area contributed by atoms with Gasteiger partial charge in [0.25, 0.3) is 5.56 Å². The lowest BCUT2D eigenvalue weighted by atomic mass is 9.80. The van der Waals surface area contributed by atoms with Crippen LogP contribution in [-0.4, -0.2) is 91.8 Å². The Kier molecular flexibility index (Phi) is 13.8. The molecule has 1 fully saturated rings. The van der Waals surface area contributed by atoms with E-state index < -0.39 is 59.4 Å². The minimum atomic E-state index is -1.35. The van der Waals surface area contributed by atoms with E-state index in [4.69, 9.17) is 37.9 Å². The largest absolute Gasteiger partial charge is 0.497 e. The van der Waals surface area contributed by atoms with Crippen molar-refractivity contribution in [2.24, 2.45) is 0 Å². The van der Waals surface area contributed by atoms with Crippen molar-refractivity contribution >= 4 is 11.9 Å². The van der Waals surface area contributed by atoms with Crippen LogP contribution in [-0.2, 0) is 43.6 Å². The molecule has 3 aromatic carbocycles. The minimum absolute atomic E-state index is 0.0298. The standard InChI is InChI=1S/C39H44N2O13/c1-25(42)50-22-32(53-26(2)43)19-21-49-24-51-36-35(45)33(54-37(36)41-20-18-34(44)40-38(41)46)23-52-39(27-8-6-5-7-9-27,28-10-14-30(47-3)15-11-28)29-12-16-31(48-4)17-13-29/h5-18,20,32-33,35-37,45H,19,21-24H2,1-4H3,(H,40,44,46)/t32?,33-,35?,36+,37-/m1/s1. The molecule has 0 saturated carbocycles. The van der Waals surface area contributed by atoms with Gasteiger partial charge in [-0.15, -0.1) is 0 Å². The Morgan fingerprint density at radius 1 is 0.870 bits per heavy atom. The highest BCUT2D eigenvalue weighted by Gasteiger charge is 2.48. The molecule has 15 heteroatoms. The van der Waals surface area contributed by atoms with Gasteiger partial charge in [0.1, 0.15) is 54.9 Å². The van der Waals surface area contributed by atoms with Crippen molar-refractivity contribution in [2.45, 2.75) is 56.5 Å². The number of aliphatic hydroxyl groups excluding tert-OH is 1. The molecule has 1 saturated heterocycles. The number of carbonyl (C=O) groups is 2. The highest BCUT2D eigenvalue weighted by molar-refractivity contribution is 5.67. The van der Waals surface area contributed by atoms with Gasteiger partial charge in [0, 0.05) is 32.5 Å². The molecule has 0 amide bonds. The number of methoxy groups -OCH3 is 2. The number of carbonyl (C=O) groups excluding carboxylic acids is 2. The third kappa shape index (κ3) is 9.61. The van der Waals surface area contributed by atoms with Gasteiger partial charge in [-0.2, -0.15) is 0 Å². The zero-order chi connectivity index (χ0) is 38.7. The van der Waals surface area contributed by atoms with E-state index in [0.29, 0.717) is 11.5 Å². The number of aromatic nitrogens is 2. The van der Waals surface area contributed by atoms with Crippen LogP contribution in [0.1, 0.15) is 43.2 Å². The maximum Gasteiger partial charge on any atom is 0.330 e. The maximum absolute atomic E-state index is 12.9. The highest BCUT2D eigenvalue weighted by atomic mass is 16.7. The molecule has 5 atom stereocenters. The van der Waals surface area contributed by atoms with Crippen LogP contribution >= 0.6 is 0 Å². The van der Waals surface area contributed by atoms with Crippen LogP contribution < -0.4 is 20.7 Å². The van der Waals surface area contributed by atoms with Gasteiger partial charge in [-0.25, -0.2) is 4.79 Å². The van der Waals surface area contributed by atoms with Crippen molar-refractivity contribution in [2.75, 3.05) is 40.8 Å². The summed E-state index contributed by atoms with van der Waals surface area (Å²) in [5, 5.41) is 11.7. The van der Waals surface area contributed by atoms with Crippen molar-refractivity contribution in [3.63, 3.8) is 0 Å². The Hall–Kier alpha value is -5.32. The van der Waals surface area contributed by atoms with Crippen LogP contribution in [0.5, 0.6) is 11.5 Å². The predicted molar refractivity (Wildman–Crippen MR) is 192 cm³/mol. The summed E-state index contributed by atoms with van der Waals surface area (Å²) in [5.74, 6) is 0.218. The molecule has 0 radical (unpaired) electrons. The number of hydrogen-bond acceptors (Lipinski definition) is 13. The molecule has 0 bridgehead atoms. The number of benzene rings is 3. The molecule has 5 rings (SSSR count). The number of nitrogens with zero attached hydrogens (tertiary/aromatic N) is 1. The summed E-state index contributed by atoms with van der Waals surface area (Å²) in [4.78, 5) is 49.8. The van der Waals surface area contributed by atoms with E-state index >= 15 is 0 Å². The number of nitrogens with one attached hydrogen (secondary N) is 1. The Balaban J connectivity index is 1.42. The second kappa shape index (κ2) is 18.6. The second-order valence-electron chi connectivity index (χ2n) is 12.4. The first-order chi connectivity index (χ1) is 26.0. The van der Waals surface area contributed by atoms with Crippen LogP contribution in [0.2, 0.25) is 0 Å². The molecule has 0 aliphatic carbocycles. The zero-order valence-electron chi connectivity index (χ0n) is 30.4. The molecule has 54 heavy (non-hydrogen) atoms. The molecule has 15 nitrogen and oxygen atoms in total. The molecule has 2 heterocycles. The number of esters is 2. The SMILES string of the molecule is COc1ccc(C(OC[C@H]2O[C@@H](n3ccc(=O)[nH]c3=O)[C@@H](OCOCCC(COC(C)=O)OC(C)=O)C2O)(c2ccccc2)c2ccc(OC)cc2)cc1. The monoisotopic (exact) mass is 748 g/mol. The lowest BCUT2D eigenvalue weighted by molar-refractivity contribution is -0.161. The Morgan fingerprint density at radius 2 is 1.48 bits per heavy atom. The fourth-order valence-electron chi connectivity index (χ4n) is 6.19. The summed E-state index contributed by atoms with van der Waals surface area (Å²) in [6.07, 6.45) is -4.08. The van der Waals surface area contributed by atoms with Crippen molar-refractivity contribution in [1.82, 2.24) is 9.55 Å².